The van der Waals surface area contributed by atoms with Crippen LogP contribution < -0.4 is 10.6 Å². The monoisotopic (exact) mass is 299 g/mol. The lowest BCUT2D eigenvalue weighted by Crippen LogP contribution is -2.39. The van der Waals surface area contributed by atoms with Crippen molar-refractivity contribution in [1.29, 1.82) is 0 Å². The van der Waals surface area contributed by atoms with Gasteiger partial charge in [-0.25, -0.2) is 4.99 Å². The number of thiophene rings is 1. The highest BCUT2D eigenvalue weighted by Gasteiger charge is 2.38. The van der Waals surface area contributed by atoms with Gasteiger partial charge in [0.05, 0.1) is 6.54 Å². The van der Waals surface area contributed by atoms with Crippen LogP contribution in [0.1, 0.15) is 30.4 Å². The first-order chi connectivity index (χ1) is 10.4. The van der Waals surface area contributed by atoms with Crippen molar-refractivity contribution in [3.8, 4) is 0 Å². The highest BCUT2D eigenvalue weighted by atomic mass is 32.1. The highest BCUT2D eigenvalue weighted by molar-refractivity contribution is 7.07. The van der Waals surface area contributed by atoms with E-state index in [2.05, 4.69) is 69.7 Å². The van der Waals surface area contributed by atoms with E-state index in [4.69, 9.17) is 0 Å². The maximum absolute atomic E-state index is 4.67. The summed E-state index contributed by atoms with van der Waals surface area (Å²) in [6.07, 6.45) is 1.19. The SMILES string of the molecule is CCNC(=NCc1ccsc1)NC1CC1c1ccccc1. The minimum atomic E-state index is 0.507. The molecule has 0 radical (unpaired) electrons. The van der Waals surface area contributed by atoms with E-state index in [1.54, 1.807) is 11.3 Å². The van der Waals surface area contributed by atoms with Gasteiger partial charge in [0.1, 0.15) is 0 Å². The van der Waals surface area contributed by atoms with Crippen molar-refractivity contribution in [3.05, 3.63) is 58.3 Å². The summed E-state index contributed by atoms with van der Waals surface area (Å²) in [4.78, 5) is 4.67. The molecule has 3 nitrogen and oxygen atoms in total. The first kappa shape index (κ1) is 14.1. The van der Waals surface area contributed by atoms with Crippen LogP contribution in [0.2, 0.25) is 0 Å². The van der Waals surface area contributed by atoms with Gasteiger partial charge in [0.25, 0.3) is 0 Å². The van der Waals surface area contributed by atoms with Gasteiger partial charge < -0.3 is 10.6 Å². The van der Waals surface area contributed by atoms with Crippen LogP contribution >= 0.6 is 11.3 Å². The molecule has 1 heterocycles. The second-order valence-corrected chi connectivity index (χ2v) is 6.11. The predicted octanol–water partition coefficient (Wildman–Crippen LogP) is 3.36. The molecular formula is C17H21N3S. The number of nitrogens with zero attached hydrogens (tertiary/aromatic N) is 1. The molecular weight excluding hydrogens is 278 g/mol. The molecule has 0 aliphatic heterocycles. The molecule has 0 amide bonds. The Morgan fingerprint density at radius 1 is 1.29 bits per heavy atom. The van der Waals surface area contributed by atoms with Gasteiger partial charge >= 0.3 is 0 Å². The summed E-state index contributed by atoms with van der Waals surface area (Å²) in [5, 5.41) is 11.1. The molecule has 1 aliphatic carbocycles. The second kappa shape index (κ2) is 6.76. The number of aliphatic imine (C=N–C) groups is 1. The average molecular weight is 299 g/mol. The predicted molar refractivity (Wildman–Crippen MR) is 89.9 cm³/mol. The Balaban J connectivity index is 1.57. The summed E-state index contributed by atoms with van der Waals surface area (Å²) in [6.45, 7) is 3.73. The zero-order valence-corrected chi connectivity index (χ0v) is 13.1. The lowest BCUT2D eigenvalue weighted by atomic mass is 10.1. The number of guanidine groups is 1. The van der Waals surface area contributed by atoms with E-state index in [9.17, 15) is 0 Å². The van der Waals surface area contributed by atoms with Crippen LogP contribution in [0.3, 0.4) is 0 Å². The molecule has 21 heavy (non-hydrogen) atoms. The van der Waals surface area contributed by atoms with Crippen LogP contribution in [0.25, 0.3) is 0 Å². The summed E-state index contributed by atoms with van der Waals surface area (Å²) in [6, 6.07) is 13.3. The summed E-state index contributed by atoms with van der Waals surface area (Å²) in [7, 11) is 0. The van der Waals surface area contributed by atoms with E-state index in [0.29, 0.717) is 12.0 Å². The first-order valence-corrected chi connectivity index (χ1v) is 8.42. The van der Waals surface area contributed by atoms with E-state index < -0.39 is 0 Å². The Hall–Kier alpha value is -1.81. The van der Waals surface area contributed by atoms with Crippen LogP contribution in [0.15, 0.2) is 52.2 Å². The molecule has 1 fully saturated rings. The summed E-state index contributed by atoms with van der Waals surface area (Å²) < 4.78 is 0. The molecule has 1 aromatic carbocycles. The van der Waals surface area contributed by atoms with Crippen molar-refractivity contribution in [2.75, 3.05) is 6.54 Å². The number of hydrogen-bond acceptors (Lipinski definition) is 2. The Morgan fingerprint density at radius 3 is 2.86 bits per heavy atom. The second-order valence-electron chi connectivity index (χ2n) is 5.33. The number of hydrogen-bond donors (Lipinski definition) is 2. The van der Waals surface area contributed by atoms with Crippen LogP contribution in [-0.2, 0) is 6.54 Å². The molecule has 2 N–H and O–H groups in total. The molecule has 0 spiro atoms. The molecule has 2 aromatic rings. The molecule has 2 unspecified atom stereocenters. The van der Waals surface area contributed by atoms with Crippen molar-refractivity contribution >= 4 is 17.3 Å². The lowest BCUT2D eigenvalue weighted by molar-refractivity contribution is 0.795. The van der Waals surface area contributed by atoms with E-state index in [1.165, 1.54) is 17.5 Å². The standard InChI is InChI=1S/C17H21N3S/c1-2-18-17(19-11-13-8-9-21-12-13)20-16-10-15(16)14-6-4-3-5-7-14/h3-9,12,15-16H,2,10-11H2,1H3,(H2,18,19,20). The fraction of sp³-hybridized carbons (Fsp3) is 0.353. The lowest BCUT2D eigenvalue weighted by Gasteiger charge is -2.11. The van der Waals surface area contributed by atoms with Gasteiger partial charge in [0.15, 0.2) is 5.96 Å². The average Bonchev–Trinajstić information content (AvgIpc) is 3.08. The quantitative estimate of drug-likeness (QED) is 0.656. The van der Waals surface area contributed by atoms with E-state index in [-0.39, 0.29) is 0 Å². The van der Waals surface area contributed by atoms with Gasteiger partial charge in [-0.2, -0.15) is 11.3 Å². The van der Waals surface area contributed by atoms with Crippen molar-refractivity contribution < 1.29 is 0 Å². The van der Waals surface area contributed by atoms with Crippen LogP contribution in [-0.4, -0.2) is 18.5 Å². The van der Waals surface area contributed by atoms with Crippen molar-refractivity contribution in [1.82, 2.24) is 10.6 Å². The van der Waals surface area contributed by atoms with Gasteiger partial charge in [0, 0.05) is 18.5 Å². The molecule has 1 aromatic heterocycles. The topological polar surface area (TPSA) is 36.4 Å². The van der Waals surface area contributed by atoms with Gasteiger partial charge in [-0.3, -0.25) is 0 Å². The molecule has 0 bridgehead atoms. The normalized spacial score (nSPS) is 21.1. The van der Waals surface area contributed by atoms with Gasteiger partial charge in [-0.15, -0.1) is 0 Å². The highest BCUT2D eigenvalue weighted by Crippen LogP contribution is 2.40. The third-order valence-electron chi connectivity index (χ3n) is 3.68. The minimum absolute atomic E-state index is 0.507. The Labute approximate surface area is 130 Å². The first-order valence-electron chi connectivity index (χ1n) is 7.47. The number of benzene rings is 1. The summed E-state index contributed by atoms with van der Waals surface area (Å²) in [5.74, 6) is 1.54. The smallest absolute Gasteiger partial charge is 0.191 e. The molecule has 4 heteroatoms. The summed E-state index contributed by atoms with van der Waals surface area (Å²) >= 11 is 1.72. The Bertz CT molecular complexity index is 577. The molecule has 1 aliphatic rings. The van der Waals surface area contributed by atoms with E-state index in [0.717, 1.165) is 19.0 Å². The summed E-state index contributed by atoms with van der Waals surface area (Å²) in [5.41, 5.74) is 2.69. The molecule has 1 saturated carbocycles. The van der Waals surface area contributed by atoms with Crippen LogP contribution in [0.5, 0.6) is 0 Å². The van der Waals surface area contributed by atoms with Crippen molar-refractivity contribution in [3.63, 3.8) is 0 Å². The molecule has 2 atom stereocenters. The zero-order chi connectivity index (χ0) is 14.5. The molecule has 3 rings (SSSR count). The Morgan fingerprint density at radius 2 is 2.14 bits per heavy atom. The maximum atomic E-state index is 4.67. The van der Waals surface area contributed by atoms with Gasteiger partial charge in [-0.05, 0) is 41.3 Å². The fourth-order valence-corrected chi connectivity index (χ4v) is 3.13. The van der Waals surface area contributed by atoms with Crippen molar-refractivity contribution in [2.24, 2.45) is 4.99 Å². The molecule has 0 saturated heterocycles. The van der Waals surface area contributed by atoms with Crippen LogP contribution in [0.4, 0.5) is 0 Å². The zero-order valence-electron chi connectivity index (χ0n) is 12.3. The van der Waals surface area contributed by atoms with Gasteiger partial charge in [0.2, 0.25) is 0 Å². The minimum Gasteiger partial charge on any atom is -0.357 e. The molecule has 110 valence electrons. The largest absolute Gasteiger partial charge is 0.357 e. The van der Waals surface area contributed by atoms with E-state index >= 15 is 0 Å². The third-order valence-corrected chi connectivity index (χ3v) is 4.42. The third kappa shape index (κ3) is 3.85. The maximum Gasteiger partial charge on any atom is 0.191 e. The van der Waals surface area contributed by atoms with E-state index in [1.807, 2.05) is 0 Å². The fourth-order valence-electron chi connectivity index (χ4n) is 2.47. The number of rotatable bonds is 5. The van der Waals surface area contributed by atoms with Gasteiger partial charge in [-0.1, -0.05) is 30.3 Å². The van der Waals surface area contributed by atoms with Crippen molar-refractivity contribution in [2.45, 2.75) is 31.8 Å². The van der Waals surface area contributed by atoms with Crippen LogP contribution in [0, 0.1) is 0 Å². The Kier molecular flexibility index (Phi) is 4.55. The number of nitrogens with one attached hydrogen (secondary N) is 2.